The molecule has 0 fully saturated rings. The minimum Gasteiger partial charge on any atom is -0.465 e. The highest BCUT2D eigenvalue weighted by Gasteiger charge is 2.05. The van der Waals surface area contributed by atoms with Gasteiger partial charge in [0.2, 0.25) is 0 Å². The number of esters is 1. The van der Waals surface area contributed by atoms with E-state index in [1.54, 1.807) is 24.3 Å². The first kappa shape index (κ1) is 12.8. The van der Waals surface area contributed by atoms with Gasteiger partial charge in [-0.25, -0.2) is 9.59 Å². The van der Waals surface area contributed by atoms with Crippen LogP contribution in [0.25, 0.3) is 0 Å². The van der Waals surface area contributed by atoms with Crippen molar-refractivity contribution in [3.63, 3.8) is 0 Å². The zero-order valence-electron chi connectivity index (χ0n) is 9.18. The van der Waals surface area contributed by atoms with Crippen molar-refractivity contribution in [1.29, 1.82) is 0 Å². The molecular formula is C12H13NO4. The van der Waals surface area contributed by atoms with Crippen molar-refractivity contribution in [2.45, 2.75) is 6.42 Å². The maximum absolute atomic E-state index is 10.8. The molecule has 0 aliphatic carbocycles. The Morgan fingerprint density at radius 3 is 2.76 bits per heavy atom. The van der Waals surface area contributed by atoms with E-state index in [0.29, 0.717) is 12.1 Å². The molecule has 0 aromatic heterocycles. The van der Waals surface area contributed by atoms with Gasteiger partial charge in [-0.05, 0) is 11.6 Å². The van der Waals surface area contributed by atoms with Crippen LogP contribution in [0, 0.1) is 0 Å². The summed E-state index contributed by atoms with van der Waals surface area (Å²) in [7, 11) is 0. The summed E-state index contributed by atoms with van der Waals surface area (Å²) >= 11 is 0. The highest BCUT2D eigenvalue weighted by atomic mass is 16.5. The molecule has 0 saturated carbocycles. The average Bonchev–Trinajstić information content (AvgIpc) is 2.30. The number of ether oxygens (including phenoxy) is 1. The number of carboxylic acid groups (broad SMARTS) is 1. The summed E-state index contributed by atoms with van der Waals surface area (Å²) in [6.45, 7) is 3.46. The Morgan fingerprint density at radius 1 is 1.41 bits per heavy atom. The van der Waals surface area contributed by atoms with Crippen LogP contribution in [-0.2, 0) is 16.0 Å². The largest absolute Gasteiger partial charge is 0.465 e. The quantitative estimate of drug-likeness (QED) is 0.605. The number of nitrogens with one attached hydrogen (secondary N) is 1. The molecule has 0 aliphatic rings. The number of anilines is 1. The zero-order valence-corrected chi connectivity index (χ0v) is 9.18. The first-order chi connectivity index (χ1) is 8.13. The topological polar surface area (TPSA) is 75.6 Å². The van der Waals surface area contributed by atoms with E-state index in [9.17, 15) is 9.59 Å². The van der Waals surface area contributed by atoms with Crippen LogP contribution in [0.5, 0.6) is 0 Å². The minimum absolute atomic E-state index is 0.184. The number of carbonyl (C=O) groups is 2. The number of carbonyl (C=O) groups excluding carboxylic acids is 1. The van der Waals surface area contributed by atoms with Gasteiger partial charge in [-0.3, -0.25) is 5.32 Å². The summed E-state index contributed by atoms with van der Waals surface area (Å²) in [5, 5.41) is 10.9. The molecule has 0 unspecified atom stereocenters. The lowest BCUT2D eigenvalue weighted by molar-refractivity contribution is -0.137. The van der Waals surface area contributed by atoms with Crippen molar-refractivity contribution >= 4 is 17.7 Å². The summed E-state index contributed by atoms with van der Waals surface area (Å²) in [5.41, 5.74) is 1.27. The predicted octanol–water partition coefficient (Wildman–Crippen LogP) is 2.05. The summed E-state index contributed by atoms with van der Waals surface area (Å²) in [4.78, 5) is 21.4. The van der Waals surface area contributed by atoms with Gasteiger partial charge in [0.1, 0.15) is 0 Å². The fraction of sp³-hybridized carbons (Fsp3) is 0.167. The first-order valence-electron chi connectivity index (χ1n) is 5.00. The van der Waals surface area contributed by atoms with Crippen LogP contribution in [0.3, 0.4) is 0 Å². The fourth-order valence-electron chi connectivity index (χ4n) is 1.30. The van der Waals surface area contributed by atoms with Crippen molar-refractivity contribution in [2.75, 3.05) is 11.9 Å². The second-order valence-corrected chi connectivity index (χ2v) is 3.21. The van der Waals surface area contributed by atoms with Gasteiger partial charge < -0.3 is 9.84 Å². The highest BCUT2D eigenvalue weighted by molar-refractivity contribution is 5.84. The molecule has 0 heterocycles. The molecule has 1 aromatic carbocycles. The maximum atomic E-state index is 10.8. The molecule has 90 valence electrons. The van der Waals surface area contributed by atoms with Gasteiger partial charge in [-0.15, -0.1) is 0 Å². The molecule has 17 heavy (non-hydrogen) atoms. The normalized spacial score (nSPS) is 9.41. The number of benzene rings is 1. The molecule has 1 rings (SSSR count). The lowest BCUT2D eigenvalue weighted by Crippen LogP contribution is -2.11. The van der Waals surface area contributed by atoms with Crippen molar-refractivity contribution in [2.24, 2.45) is 0 Å². The van der Waals surface area contributed by atoms with Gasteiger partial charge in [0.25, 0.3) is 0 Å². The lowest BCUT2D eigenvalue weighted by Gasteiger charge is -2.08. The standard InChI is InChI=1S/C12H13NO4/c1-2-11(14)17-8-7-9-5-3-4-6-10(9)13-12(15)16/h2-6,13H,1,7-8H2,(H,15,16). The van der Waals surface area contributed by atoms with Crippen molar-refractivity contribution in [1.82, 2.24) is 0 Å². The Hall–Kier alpha value is -2.30. The van der Waals surface area contributed by atoms with Crippen LogP contribution in [-0.4, -0.2) is 23.8 Å². The van der Waals surface area contributed by atoms with Gasteiger partial charge in [-0.2, -0.15) is 0 Å². The predicted molar refractivity (Wildman–Crippen MR) is 62.9 cm³/mol. The molecule has 5 heteroatoms. The molecule has 0 spiro atoms. The van der Waals surface area contributed by atoms with Crippen LogP contribution in [0.2, 0.25) is 0 Å². The number of amides is 1. The molecule has 5 nitrogen and oxygen atoms in total. The van der Waals surface area contributed by atoms with Crippen LogP contribution in [0.15, 0.2) is 36.9 Å². The lowest BCUT2D eigenvalue weighted by atomic mass is 10.1. The van der Waals surface area contributed by atoms with Crippen LogP contribution in [0.1, 0.15) is 5.56 Å². The van der Waals surface area contributed by atoms with Gasteiger partial charge in [0, 0.05) is 18.2 Å². The van der Waals surface area contributed by atoms with Crippen LogP contribution in [0.4, 0.5) is 10.5 Å². The van der Waals surface area contributed by atoms with Gasteiger partial charge in [-0.1, -0.05) is 24.8 Å². The summed E-state index contributed by atoms with van der Waals surface area (Å²) < 4.78 is 4.82. The van der Waals surface area contributed by atoms with Crippen molar-refractivity contribution in [3.8, 4) is 0 Å². The second-order valence-electron chi connectivity index (χ2n) is 3.21. The van der Waals surface area contributed by atoms with E-state index in [2.05, 4.69) is 11.9 Å². The van der Waals surface area contributed by atoms with Crippen LogP contribution < -0.4 is 5.32 Å². The highest BCUT2D eigenvalue weighted by Crippen LogP contribution is 2.15. The smallest absolute Gasteiger partial charge is 0.409 e. The van der Waals surface area contributed by atoms with Gasteiger partial charge in [0.05, 0.1) is 6.61 Å². The zero-order chi connectivity index (χ0) is 12.7. The first-order valence-corrected chi connectivity index (χ1v) is 5.00. The molecule has 0 radical (unpaired) electrons. The molecular weight excluding hydrogens is 222 g/mol. The van der Waals surface area contributed by atoms with E-state index < -0.39 is 12.1 Å². The van der Waals surface area contributed by atoms with E-state index in [1.807, 2.05) is 0 Å². The van der Waals surface area contributed by atoms with Gasteiger partial charge in [0.15, 0.2) is 0 Å². The Balaban J connectivity index is 2.60. The van der Waals surface area contributed by atoms with Crippen LogP contribution >= 0.6 is 0 Å². The van der Waals surface area contributed by atoms with Gasteiger partial charge >= 0.3 is 12.1 Å². The minimum atomic E-state index is -1.12. The number of hydrogen-bond acceptors (Lipinski definition) is 3. The van der Waals surface area contributed by atoms with Crippen molar-refractivity contribution < 1.29 is 19.4 Å². The molecule has 0 saturated heterocycles. The second kappa shape index (κ2) is 6.32. The summed E-state index contributed by atoms with van der Waals surface area (Å²) in [6, 6.07) is 6.94. The third-order valence-electron chi connectivity index (χ3n) is 2.04. The monoisotopic (exact) mass is 235 g/mol. The Labute approximate surface area is 98.7 Å². The van der Waals surface area contributed by atoms with E-state index >= 15 is 0 Å². The number of rotatable bonds is 5. The number of hydrogen-bond donors (Lipinski definition) is 2. The molecule has 1 aromatic rings. The Bertz CT molecular complexity index is 428. The molecule has 0 aliphatic heterocycles. The maximum Gasteiger partial charge on any atom is 0.409 e. The average molecular weight is 235 g/mol. The third kappa shape index (κ3) is 4.38. The Morgan fingerprint density at radius 2 is 2.12 bits per heavy atom. The molecule has 0 bridgehead atoms. The number of para-hydroxylation sites is 1. The van der Waals surface area contributed by atoms with Crippen molar-refractivity contribution in [3.05, 3.63) is 42.5 Å². The molecule has 2 N–H and O–H groups in total. The Kier molecular flexibility index (Phi) is 4.75. The summed E-state index contributed by atoms with van der Waals surface area (Å²) in [6.07, 6.45) is 0.401. The fourth-order valence-corrected chi connectivity index (χ4v) is 1.30. The molecule has 1 amide bonds. The third-order valence-corrected chi connectivity index (χ3v) is 2.04. The van der Waals surface area contributed by atoms with E-state index in [4.69, 9.17) is 9.84 Å². The SMILES string of the molecule is C=CC(=O)OCCc1ccccc1NC(=O)O. The van der Waals surface area contributed by atoms with E-state index in [-0.39, 0.29) is 6.61 Å². The summed E-state index contributed by atoms with van der Waals surface area (Å²) in [5.74, 6) is -0.492. The van der Waals surface area contributed by atoms with E-state index in [1.165, 1.54) is 0 Å². The molecule has 0 atom stereocenters. The van der Waals surface area contributed by atoms with E-state index in [0.717, 1.165) is 11.6 Å².